The number of ketones is 1. The van der Waals surface area contributed by atoms with E-state index in [1.807, 2.05) is 13.1 Å². The molecule has 2 aliphatic carbocycles. The van der Waals surface area contributed by atoms with Gasteiger partial charge in [-0.05, 0) is 44.6 Å². The molecule has 0 radical (unpaired) electrons. The van der Waals surface area contributed by atoms with Crippen molar-refractivity contribution < 1.29 is 28.9 Å². The average molecular weight is 387 g/mol. The predicted octanol–water partition coefficient (Wildman–Crippen LogP) is 1.67. The first-order chi connectivity index (χ1) is 13.3. The van der Waals surface area contributed by atoms with Crippen molar-refractivity contribution in [2.24, 2.45) is 5.92 Å². The lowest BCUT2D eigenvalue weighted by Gasteiger charge is -2.56. The maximum atomic E-state index is 13.4. The highest BCUT2D eigenvalue weighted by Gasteiger charge is 2.59. The Bertz CT molecular complexity index is 878. The molecule has 7 nitrogen and oxygen atoms in total. The van der Waals surface area contributed by atoms with E-state index in [2.05, 4.69) is 4.90 Å². The minimum Gasteiger partial charge on any atom is -0.499 e. The molecular weight excluding hydrogens is 362 g/mol. The zero-order valence-electron chi connectivity index (χ0n) is 16.5. The first-order valence-corrected chi connectivity index (χ1v) is 9.42. The summed E-state index contributed by atoms with van der Waals surface area (Å²) in [5.41, 5.74) is 0.666. The number of fused-ring (bicyclic) bond motifs is 1. The zero-order chi connectivity index (χ0) is 20.2. The van der Waals surface area contributed by atoms with E-state index in [1.165, 1.54) is 21.1 Å². The minimum absolute atomic E-state index is 0.0167. The van der Waals surface area contributed by atoms with Crippen molar-refractivity contribution in [2.75, 3.05) is 27.8 Å². The molecule has 1 aromatic rings. The van der Waals surface area contributed by atoms with Gasteiger partial charge in [0, 0.05) is 29.4 Å². The SMILES string of the molecule is COC1=CC2[C@@H]3C(=O)c4ccc(OC)c(OC(C)=O)c4[C@]2(CCN3C)C[C@H]1O. The van der Waals surface area contributed by atoms with Gasteiger partial charge in [0.15, 0.2) is 17.3 Å². The van der Waals surface area contributed by atoms with Gasteiger partial charge in [0.05, 0.1) is 20.3 Å². The monoisotopic (exact) mass is 387 g/mol. The zero-order valence-corrected chi connectivity index (χ0v) is 16.5. The Labute approximate surface area is 163 Å². The van der Waals surface area contributed by atoms with Gasteiger partial charge in [-0.2, -0.15) is 0 Å². The summed E-state index contributed by atoms with van der Waals surface area (Å²) in [5, 5.41) is 10.7. The number of methoxy groups -OCH3 is 2. The molecule has 1 aromatic carbocycles. The number of carbonyl (C=O) groups excluding carboxylic acids is 2. The quantitative estimate of drug-likeness (QED) is 0.624. The summed E-state index contributed by atoms with van der Waals surface area (Å²) >= 11 is 0. The lowest BCUT2D eigenvalue weighted by atomic mass is 9.53. The van der Waals surface area contributed by atoms with E-state index >= 15 is 0 Å². The standard InChI is InChI=1S/C21H25NO6/c1-11(23)28-20-15(26-3)6-5-12-17(20)21-7-8-22(2)18(19(12)25)13(21)9-16(27-4)14(24)10-21/h5-6,9,13-14,18,24H,7-8,10H2,1-4H3/t13?,14-,18-,21-/m1/s1. The van der Waals surface area contributed by atoms with E-state index in [9.17, 15) is 14.7 Å². The maximum absolute atomic E-state index is 13.4. The second-order valence-electron chi connectivity index (χ2n) is 7.83. The van der Waals surface area contributed by atoms with Crippen LogP contribution in [0.15, 0.2) is 24.0 Å². The van der Waals surface area contributed by atoms with Crippen LogP contribution in [-0.4, -0.2) is 61.7 Å². The third kappa shape index (κ3) is 2.49. The number of benzene rings is 1. The highest BCUT2D eigenvalue weighted by atomic mass is 16.6. The number of piperidine rings is 1. The van der Waals surface area contributed by atoms with Gasteiger partial charge in [0.25, 0.3) is 0 Å². The Morgan fingerprint density at radius 3 is 2.68 bits per heavy atom. The normalized spacial score (nSPS) is 31.4. The molecule has 1 N–H and O–H groups in total. The lowest BCUT2D eigenvalue weighted by molar-refractivity contribution is -0.132. The Morgan fingerprint density at radius 2 is 2.04 bits per heavy atom. The van der Waals surface area contributed by atoms with Gasteiger partial charge in [0.1, 0.15) is 11.9 Å². The topological polar surface area (TPSA) is 85.3 Å². The average Bonchev–Trinajstić information content (AvgIpc) is 2.66. The van der Waals surface area contributed by atoms with Gasteiger partial charge < -0.3 is 19.3 Å². The van der Waals surface area contributed by atoms with E-state index in [4.69, 9.17) is 14.2 Å². The lowest BCUT2D eigenvalue weighted by Crippen LogP contribution is -2.63. The second kappa shape index (κ2) is 6.60. The number of carbonyl (C=O) groups is 2. The fourth-order valence-corrected chi connectivity index (χ4v) is 5.27. The third-order valence-electron chi connectivity index (χ3n) is 6.45. The Hall–Kier alpha value is -2.38. The molecule has 0 aromatic heterocycles. The highest BCUT2D eigenvalue weighted by Crippen LogP contribution is 2.58. The maximum Gasteiger partial charge on any atom is 0.308 e. The van der Waals surface area contributed by atoms with Gasteiger partial charge in [-0.25, -0.2) is 0 Å². The van der Waals surface area contributed by atoms with Crippen LogP contribution in [-0.2, 0) is 14.9 Å². The summed E-state index contributed by atoms with van der Waals surface area (Å²) < 4.78 is 16.4. The first kappa shape index (κ1) is 19.0. The van der Waals surface area contributed by atoms with Gasteiger partial charge >= 0.3 is 5.97 Å². The minimum atomic E-state index is -0.789. The van der Waals surface area contributed by atoms with Crippen LogP contribution in [0.25, 0.3) is 0 Å². The summed E-state index contributed by atoms with van der Waals surface area (Å²) in [6, 6.07) is 3.06. The van der Waals surface area contributed by atoms with Crippen molar-refractivity contribution in [3.8, 4) is 11.5 Å². The number of Topliss-reactive ketones (excluding diaryl/α,β-unsaturated/α-hetero) is 1. The van der Waals surface area contributed by atoms with Crippen LogP contribution in [0, 0.1) is 5.92 Å². The smallest absolute Gasteiger partial charge is 0.308 e. The molecule has 1 aliphatic heterocycles. The van der Waals surface area contributed by atoms with Gasteiger partial charge in [-0.15, -0.1) is 0 Å². The van der Waals surface area contributed by atoms with Crippen LogP contribution >= 0.6 is 0 Å². The van der Waals surface area contributed by atoms with E-state index in [0.29, 0.717) is 35.6 Å². The van der Waals surface area contributed by atoms with Crippen molar-refractivity contribution >= 4 is 11.8 Å². The van der Waals surface area contributed by atoms with Crippen molar-refractivity contribution in [1.82, 2.24) is 4.90 Å². The number of rotatable bonds is 3. The summed E-state index contributed by atoms with van der Waals surface area (Å²) in [6.07, 6.45) is 2.20. The molecule has 0 amide bonds. The first-order valence-electron chi connectivity index (χ1n) is 9.42. The number of hydrogen-bond donors (Lipinski definition) is 1. The molecule has 1 heterocycles. The van der Waals surface area contributed by atoms with Crippen LogP contribution in [0.3, 0.4) is 0 Å². The van der Waals surface area contributed by atoms with Gasteiger partial charge in [-0.3, -0.25) is 14.5 Å². The number of likely N-dealkylation sites (N-methyl/N-ethyl adjacent to an activating group) is 1. The Kier molecular flexibility index (Phi) is 4.47. The number of hydrogen-bond acceptors (Lipinski definition) is 7. The molecule has 3 aliphatic rings. The van der Waals surface area contributed by atoms with Gasteiger partial charge in [-0.1, -0.05) is 0 Å². The molecule has 150 valence electrons. The van der Waals surface area contributed by atoms with Crippen LogP contribution in [0.5, 0.6) is 11.5 Å². The van der Waals surface area contributed by atoms with E-state index in [1.54, 1.807) is 12.1 Å². The molecule has 7 heteroatoms. The van der Waals surface area contributed by atoms with E-state index < -0.39 is 17.5 Å². The highest BCUT2D eigenvalue weighted by molar-refractivity contribution is 6.05. The molecule has 2 bridgehead atoms. The van der Waals surface area contributed by atoms with Gasteiger partial charge in [0.2, 0.25) is 0 Å². The second-order valence-corrected chi connectivity index (χ2v) is 7.83. The summed E-state index contributed by atoms with van der Waals surface area (Å²) in [6.45, 7) is 2.03. The summed E-state index contributed by atoms with van der Waals surface area (Å²) in [4.78, 5) is 27.4. The van der Waals surface area contributed by atoms with Crippen LogP contribution in [0.4, 0.5) is 0 Å². The number of aliphatic hydroxyl groups is 1. The molecule has 0 spiro atoms. The molecule has 0 saturated carbocycles. The number of aliphatic hydroxyl groups excluding tert-OH is 1. The van der Waals surface area contributed by atoms with Crippen LogP contribution < -0.4 is 9.47 Å². The number of nitrogens with zero attached hydrogens (tertiary/aromatic N) is 1. The summed E-state index contributed by atoms with van der Waals surface area (Å²) in [7, 11) is 4.97. The number of likely N-dealkylation sites (tertiary alicyclic amines) is 1. The fraction of sp³-hybridized carbons (Fsp3) is 0.524. The predicted molar refractivity (Wildman–Crippen MR) is 101 cm³/mol. The molecule has 4 rings (SSSR count). The van der Waals surface area contributed by atoms with Crippen LogP contribution in [0.1, 0.15) is 35.7 Å². The molecule has 1 unspecified atom stereocenters. The molecule has 28 heavy (non-hydrogen) atoms. The molecule has 1 saturated heterocycles. The van der Waals surface area contributed by atoms with Crippen molar-refractivity contribution in [3.05, 3.63) is 35.1 Å². The van der Waals surface area contributed by atoms with E-state index in [0.717, 1.165) is 6.42 Å². The van der Waals surface area contributed by atoms with Crippen molar-refractivity contribution in [2.45, 2.75) is 37.3 Å². The molecular formula is C21H25NO6. The fourth-order valence-electron chi connectivity index (χ4n) is 5.27. The largest absolute Gasteiger partial charge is 0.499 e. The number of esters is 1. The molecule has 4 atom stereocenters. The van der Waals surface area contributed by atoms with Crippen molar-refractivity contribution in [3.63, 3.8) is 0 Å². The van der Waals surface area contributed by atoms with Crippen molar-refractivity contribution in [1.29, 1.82) is 0 Å². The van der Waals surface area contributed by atoms with E-state index in [-0.39, 0.29) is 23.5 Å². The summed E-state index contributed by atoms with van der Waals surface area (Å²) in [5.74, 6) is 0.488. The third-order valence-corrected chi connectivity index (χ3v) is 6.45. The molecule has 1 fully saturated rings. The Morgan fingerprint density at radius 1 is 1.29 bits per heavy atom. The number of ether oxygens (including phenoxy) is 3. The Balaban J connectivity index is 2.03. The van der Waals surface area contributed by atoms with Crippen LogP contribution in [0.2, 0.25) is 0 Å².